The number of aryl methyl sites for hydroxylation is 1. The van der Waals surface area contributed by atoms with Gasteiger partial charge in [-0.25, -0.2) is 9.97 Å². The van der Waals surface area contributed by atoms with Crippen LogP contribution in [0.4, 0.5) is 0 Å². The van der Waals surface area contributed by atoms with Crippen LogP contribution in [-0.2, 0) is 11.2 Å². The van der Waals surface area contributed by atoms with E-state index in [4.69, 9.17) is 9.72 Å². The van der Waals surface area contributed by atoms with Crippen molar-refractivity contribution < 1.29 is 9.53 Å². The molecule has 2 atom stereocenters. The number of carbonyl (C=O) groups is 1. The summed E-state index contributed by atoms with van der Waals surface area (Å²) in [6, 6.07) is 11.4. The van der Waals surface area contributed by atoms with Gasteiger partial charge in [-0.15, -0.1) is 0 Å². The molecule has 1 aliphatic carbocycles. The van der Waals surface area contributed by atoms with Gasteiger partial charge in [-0.05, 0) is 56.4 Å². The number of amides is 1. The fraction of sp³-hybridized carbons (Fsp3) is 0.360. The lowest BCUT2D eigenvalue weighted by molar-refractivity contribution is -0.128. The molecule has 2 aromatic heterocycles. The highest BCUT2D eigenvalue weighted by Crippen LogP contribution is 2.40. The zero-order valence-corrected chi connectivity index (χ0v) is 18.4. The fourth-order valence-corrected chi connectivity index (χ4v) is 3.98. The third kappa shape index (κ3) is 4.90. The van der Waals surface area contributed by atoms with E-state index in [0.29, 0.717) is 11.6 Å². The lowest BCUT2D eigenvalue weighted by Crippen LogP contribution is -2.42. The minimum atomic E-state index is -0.604. The SMILES string of the molecule is Cc1ccc(O[C@@H](C)C(=O)N[C@H]2CC(C)(C)Cc3nc(-c4ccncc4)ncc32)cc1. The zero-order valence-electron chi connectivity index (χ0n) is 18.4. The van der Waals surface area contributed by atoms with Gasteiger partial charge < -0.3 is 10.1 Å². The molecule has 3 aromatic rings. The molecule has 0 spiro atoms. The second kappa shape index (κ2) is 8.46. The number of rotatable bonds is 5. The Balaban J connectivity index is 1.53. The maximum absolute atomic E-state index is 12.9. The molecule has 1 amide bonds. The van der Waals surface area contributed by atoms with E-state index < -0.39 is 6.10 Å². The maximum Gasteiger partial charge on any atom is 0.261 e. The van der Waals surface area contributed by atoms with Crippen molar-refractivity contribution in [3.05, 3.63) is 71.8 Å². The van der Waals surface area contributed by atoms with Gasteiger partial charge in [-0.2, -0.15) is 0 Å². The number of hydrogen-bond acceptors (Lipinski definition) is 5. The number of nitrogens with one attached hydrogen (secondary N) is 1. The minimum Gasteiger partial charge on any atom is -0.481 e. The van der Waals surface area contributed by atoms with Crippen LogP contribution in [0.25, 0.3) is 11.4 Å². The number of aromatic nitrogens is 3. The van der Waals surface area contributed by atoms with Gasteiger partial charge in [0.05, 0.1) is 11.7 Å². The third-order valence-corrected chi connectivity index (χ3v) is 5.64. The summed E-state index contributed by atoms with van der Waals surface area (Å²) >= 11 is 0. The minimum absolute atomic E-state index is 0.00979. The summed E-state index contributed by atoms with van der Waals surface area (Å²) in [4.78, 5) is 26.4. The van der Waals surface area contributed by atoms with Crippen LogP contribution in [0, 0.1) is 12.3 Å². The van der Waals surface area contributed by atoms with Gasteiger partial charge in [-0.1, -0.05) is 31.5 Å². The average Bonchev–Trinajstić information content (AvgIpc) is 2.74. The standard InChI is InChI=1S/C25H28N4O2/c1-16-5-7-19(8-6-16)31-17(2)24(30)29-22-14-25(3,4)13-21-20(22)15-27-23(28-21)18-9-11-26-12-10-18/h5-12,15,17,22H,13-14H2,1-4H3,(H,29,30)/t17-,22-/m0/s1. The van der Waals surface area contributed by atoms with E-state index in [1.807, 2.05) is 49.5 Å². The van der Waals surface area contributed by atoms with E-state index in [9.17, 15) is 4.79 Å². The van der Waals surface area contributed by atoms with Crippen LogP contribution in [0.15, 0.2) is 55.0 Å². The second-order valence-corrected chi connectivity index (χ2v) is 9.01. The third-order valence-electron chi connectivity index (χ3n) is 5.64. The molecule has 31 heavy (non-hydrogen) atoms. The molecule has 0 saturated heterocycles. The molecule has 2 heterocycles. The molecule has 0 radical (unpaired) electrons. The monoisotopic (exact) mass is 416 g/mol. The van der Waals surface area contributed by atoms with Crippen molar-refractivity contribution in [2.45, 2.75) is 52.7 Å². The Morgan fingerprint density at radius 3 is 2.58 bits per heavy atom. The molecule has 6 nitrogen and oxygen atoms in total. The largest absolute Gasteiger partial charge is 0.481 e. The second-order valence-electron chi connectivity index (χ2n) is 9.01. The quantitative estimate of drug-likeness (QED) is 0.665. The first kappa shape index (κ1) is 21.0. The molecule has 0 saturated carbocycles. The first-order chi connectivity index (χ1) is 14.8. The van der Waals surface area contributed by atoms with Crippen molar-refractivity contribution in [3.8, 4) is 17.1 Å². The van der Waals surface area contributed by atoms with Crippen LogP contribution in [0.2, 0.25) is 0 Å². The van der Waals surface area contributed by atoms with E-state index in [2.05, 4.69) is 29.1 Å². The Labute approximate surface area is 183 Å². The summed E-state index contributed by atoms with van der Waals surface area (Å²) in [5.74, 6) is 1.22. The van der Waals surface area contributed by atoms with Crippen molar-refractivity contribution >= 4 is 5.91 Å². The number of pyridine rings is 1. The Hall–Kier alpha value is -3.28. The van der Waals surface area contributed by atoms with Gasteiger partial charge >= 0.3 is 0 Å². The Bertz CT molecular complexity index is 1060. The highest BCUT2D eigenvalue weighted by Gasteiger charge is 2.35. The van der Waals surface area contributed by atoms with Crippen LogP contribution < -0.4 is 10.1 Å². The summed E-state index contributed by atoms with van der Waals surface area (Å²) in [5.41, 5.74) is 4.05. The summed E-state index contributed by atoms with van der Waals surface area (Å²) in [5, 5.41) is 3.17. The first-order valence-electron chi connectivity index (χ1n) is 10.6. The van der Waals surface area contributed by atoms with Gasteiger partial charge in [0.1, 0.15) is 5.75 Å². The lowest BCUT2D eigenvalue weighted by Gasteiger charge is -2.37. The topological polar surface area (TPSA) is 77.0 Å². The van der Waals surface area contributed by atoms with Gasteiger partial charge in [0.2, 0.25) is 0 Å². The molecule has 1 aromatic carbocycles. The number of fused-ring (bicyclic) bond motifs is 1. The van der Waals surface area contributed by atoms with Crippen molar-refractivity contribution in [2.75, 3.05) is 0 Å². The average molecular weight is 417 g/mol. The van der Waals surface area contributed by atoms with E-state index in [0.717, 1.165) is 35.2 Å². The normalized spacial score (nSPS) is 18.0. The predicted octanol–water partition coefficient (Wildman–Crippen LogP) is 4.44. The number of nitrogens with zero attached hydrogens (tertiary/aromatic N) is 3. The zero-order chi connectivity index (χ0) is 22.0. The molecule has 1 aliphatic rings. The summed E-state index contributed by atoms with van der Waals surface area (Å²) in [6.45, 7) is 8.20. The summed E-state index contributed by atoms with van der Waals surface area (Å²) < 4.78 is 5.84. The molecule has 0 unspecified atom stereocenters. The van der Waals surface area contributed by atoms with Gasteiger partial charge in [0.15, 0.2) is 11.9 Å². The molecule has 0 bridgehead atoms. The van der Waals surface area contributed by atoms with Crippen LogP contribution in [0.1, 0.15) is 50.1 Å². The van der Waals surface area contributed by atoms with Crippen molar-refractivity contribution in [3.63, 3.8) is 0 Å². The van der Waals surface area contributed by atoms with Crippen LogP contribution in [0.3, 0.4) is 0 Å². The van der Waals surface area contributed by atoms with Crippen molar-refractivity contribution in [1.82, 2.24) is 20.3 Å². The van der Waals surface area contributed by atoms with Gasteiger partial charge in [0, 0.05) is 29.7 Å². The predicted molar refractivity (Wildman–Crippen MR) is 120 cm³/mol. The Kier molecular flexibility index (Phi) is 5.72. The van der Waals surface area contributed by atoms with Crippen LogP contribution in [-0.4, -0.2) is 27.0 Å². The Morgan fingerprint density at radius 1 is 1.16 bits per heavy atom. The maximum atomic E-state index is 12.9. The molecule has 0 aliphatic heterocycles. The molecule has 4 rings (SSSR count). The first-order valence-corrected chi connectivity index (χ1v) is 10.6. The highest BCUT2D eigenvalue weighted by atomic mass is 16.5. The Morgan fingerprint density at radius 2 is 1.87 bits per heavy atom. The molecule has 0 fully saturated rings. The molecular weight excluding hydrogens is 388 g/mol. The fourth-order valence-electron chi connectivity index (χ4n) is 3.98. The van der Waals surface area contributed by atoms with E-state index in [1.165, 1.54) is 0 Å². The van der Waals surface area contributed by atoms with Gasteiger partial charge in [0.25, 0.3) is 5.91 Å². The number of hydrogen-bond donors (Lipinski definition) is 1. The van der Waals surface area contributed by atoms with Crippen LogP contribution in [0.5, 0.6) is 5.75 Å². The van der Waals surface area contributed by atoms with E-state index in [1.54, 1.807) is 19.3 Å². The number of ether oxygens (including phenoxy) is 1. The van der Waals surface area contributed by atoms with Crippen LogP contribution >= 0.6 is 0 Å². The lowest BCUT2D eigenvalue weighted by atomic mass is 9.74. The van der Waals surface area contributed by atoms with Crippen molar-refractivity contribution in [2.24, 2.45) is 5.41 Å². The molecular formula is C25H28N4O2. The van der Waals surface area contributed by atoms with E-state index >= 15 is 0 Å². The highest BCUT2D eigenvalue weighted by molar-refractivity contribution is 5.81. The smallest absolute Gasteiger partial charge is 0.261 e. The molecule has 1 N–H and O–H groups in total. The van der Waals surface area contributed by atoms with E-state index in [-0.39, 0.29) is 17.4 Å². The number of carbonyl (C=O) groups excluding carboxylic acids is 1. The summed E-state index contributed by atoms with van der Waals surface area (Å²) in [7, 11) is 0. The molecule has 6 heteroatoms. The summed E-state index contributed by atoms with van der Waals surface area (Å²) in [6.07, 6.45) is 6.38. The molecule has 160 valence electrons. The van der Waals surface area contributed by atoms with Crippen molar-refractivity contribution in [1.29, 1.82) is 0 Å². The van der Waals surface area contributed by atoms with Gasteiger partial charge in [-0.3, -0.25) is 9.78 Å². The number of benzene rings is 1.